The van der Waals surface area contributed by atoms with Crippen LogP contribution in [0.1, 0.15) is 7.43 Å². The predicted molar refractivity (Wildman–Crippen MR) is 36.8 cm³/mol. The van der Waals surface area contributed by atoms with E-state index < -0.39 is 0 Å². The molecule has 0 unspecified atom stereocenters. The highest BCUT2D eigenvalue weighted by Crippen LogP contribution is 2.21. The third kappa shape index (κ3) is 1.43. The molecule has 2 heteroatoms. The van der Waals surface area contributed by atoms with Crippen molar-refractivity contribution in [2.45, 2.75) is 12.7 Å². The Balaban J connectivity index is 0.000000250. The molecule has 1 heterocycles. The van der Waals surface area contributed by atoms with Crippen LogP contribution in [0.2, 0.25) is 0 Å². The lowest BCUT2D eigenvalue weighted by molar-refractivity contribution is 1.10. The fourth-order valence-corrected chi connectivity index (χ4v) is 1.30. The lowest BCUT2D eigenvalue weighted by Crippen LogP contribution is -2.16. The van der Waals surface area contributed by atoms with Gasteiger partial charge in [-0.25, -0.2) is 0 Å². The summed E-state index contributed by atoms with van der Waals surface area (Å²) < 4.78 is 0. The summed E-state index contributed by atoms with van der Waals surface area (Å²) >= 11 is 6.13. The van der Waals surface area contributed by atoms with Gasteiger partial charge in [0.15, 0.2) is 0 Å². The first-order valence-electron chi connectivity index (χ1n) is 1.65. The normalized spacial score (nSPS) is 21.5. The van der Waals surface area contributed by atoms with Crippen LogP contribution in [0.5, 0.6) is 0 Å². The molecular formula is C4H10S2. The lowest BCUT2D eigenvalue weighted by atomic mass is 10.5. The SMILES string of the molecule is C.SC1CSC1. The van der Waals surface area contributed by atoms with Crippen molar-refractivity contribution in [3.05, 3.63) is 0 Å². The largest absolute Gasteiger partial charge is 0.174 e. The number of thiol groups is 1. The van der Waals surface area contributed by atoms with Crippen LogP contribution in [0.3, 0.4) is 0 Å². The summed E-state index contributed by atoms with van der Waals surface area (Å²) in [5.41, 5.74) is 0. The van der Waals surface area contributed by atoms with Gasteiger partial charge < -0.3 is 0 Å². The minimum atomic E-state index is 0. The molecule has 1 saturated heterocycles. The fraction of sp³-hybridized carbons (Fsp3) is 1.00. The maximum absolute atomic E-state index is 4.16. The molecule has 0 radical (unpaired) electrons. The number of thioether (sulfide) groups is 1. The van der Waals surface area contributed by atoms with Crippen LogP contribution in [0, 0.1) is 0 Å². The van der Waals surface area contributed by atoms with E-state index >= 15 is 0 Å². The summed E-state index contributed by atoms with van der Waals surface area (Å²) in [7, 11) is 0. The van der Waals surface area contributed by atoms with Gasteiger partial charge in [-0.05, 0) is 0 Å². The topological polar surface area (TPSA) is 0 Å². The van der Waals surface area contributed by atoms with Gasteiger partial charge in [0, 0.05) is 16.8 Å². The molecule has 6 heavy (non-hydrogen) atoms. The molecule has 0 amide bonds. The zero-order valence-electron chi connectivity index (χ0n) is 2.85. The van der Waals surface area contributed by atoms with Crippen molar-refractivity contribution in [1.29, 1.82) is 0 Å². The highest BCUT2D eigenvalue weighted by atomic mass is 32.2. The Bertz CT molecular complexity index is 32.5. The van der Waals surface area contributed by atoms with E-state index in [-0.39, 0.29) is 7.43 Å². The molecule has 1 aliphatic heterocycles. The smallest absolute Gasteiger partial charge is 0.0198 e. The van der Waals surface area contributed by atoms with E-state index in [4.69, 9.17) is 0 Å². The van der Waals surface area contributed by atoms with Gasteiger partial charge in [0.25, 0.3) is 0 Å². The van der Waals surface area contributed by atoms with Crippen LogP contribution in [-0.4, -0.2) is 16.8 Å². The second kappa shape index (κ2) is 2.80. The predicted octanol–water partition coefficient (Wildman–Crippen LogP) is 1.67. The second-order valence-electron chi connectivity index (χ2n) is 1.19. The van der Waals surface area contributed by atoms with Gasteiger partial charge >= 0.3 is 0 Å². The van der Waals surface area contributed by atoms with E-state index in [1.807, 2.05) is 11.8 Å². The zero-order chi connectivity index (χ0) is 3.70. The van der Waals surface area contributed by atoms with Gasteiger partial charge in [-0.15, -0.1) is 0 Å². The third-order valence-corrected chi connectivity index (χ3v) is 2.76. The molecule has 0 aromatic carbocycles. The zero-order valence-corrected chi connectivity index (χ0v) is 4.56. The van der Waals surface area contributed by atoms with Crippen molar-refractivity contribution in [2.24, 2.45) is 0 Å². The first-order valence-corrected chi connectivity index (χ1v) is 3.32. The molecule has 1 aliphatic rings. The van der Waals surface area contributed by atoms with E-state index in [1.165, 1.54) is 11.5 Å². The molecule has 0 atom stereocenters. The maximum atomic E-state index is 4.16. The summed E-state index contributed by atoms with van der Waals surface area (Å²) in [6.07, 6.45) is 0. The first kappa shape index (κ1) is 6.70. The van der Waals surface area contributed by atoms with Crippen molar-refractivity contribution in [3.8, 4) is 0 Å². The van der Waals surface area contributed by atoms with Gasteiger partial charge in [0.2, 0.25) is 0 Å². The summed E-state index contributed by atoms with van der Waals surface area (Å²) in [6, 6.07) is 0. The van der Waals surface area contributed by atoms with E-state index in [2.05, 4.69) is 12.6 Å². The third-order valence-electron chi connectivity index (χ3n) is 0.620. The van der Waals surface area contributed by atoms with Gasteiger partial charge in [-0.3, -0.25) is 0 Å². The highest BCUT2D eigenvalue weighted by Gasteiger charge is 2.11. The summed E-state index contributed by atoms with van der Waals surface area (Å²) in [4.78, 5) is 0. The molecular weight excluding hydrogens is 112 g/mol. The van der Waals surface area contributed by atoms with Gasteiger partial charge in [-0.2, -0.15) is 24.4 Å². The summed E-state index contributed by atoms with van der Waals surface area (Å²) in [6.45, 7) is 0. The molecule has 0 nitrogen and oxygen atoms in total. The summed E-state index contributed by atoms with van der Waals surface area (Å²) in [5, 5.41) is 0.722. The van der Waals surface area contributed by atoms with Crippen molar-refractivity contribution in [3.63, 3.8) is 0 Å². The van der Waals surface area contributed by atoms with E-state index in [1.54, 1.807) is 0 Å². The molecule has 0 spiro atoms. The van der Waals surface area contributed by atoms with Crippen LogP contribution in [0.25, 0.3) is 0 Å². The standard InChI is InChI=1S/C3H6S2.CH4/c4-3-1-5-2-3;/h3-4H,1-2H2;1H4. The molecule has 0 aliphatic carbocycles. The average Bonchev–Trinajstić information content (AvgIpc) is 1.30. The Morgan fingerprint density at radius 3 is 1.83 bits per heavy atom. The number of hydrogen-bond acceptors (Lipinski definition) is 2. The van der Waals surface area contributed by atoms with Gasteiger partial charge in [0.1, 0.15) is 0 Å². The Hall–Kier alpha value is 0.700. The molecule has 0 N–H and O–H groups in total. The Kier molecular flexibility index (Phi) is 3.13. The fourth-order valence-electron chi connectivity index (χ4n) is 0.223. The maximum Gasteiger partial charge on any atom is 0.0198 e. The first-order chi connectivity index (χ1) is 2.39. The average molecular weight is 122 g/mol. The minimum absolute atomic E-state index is 0. The molecule has 1 fully saturated rings. The second-order valence-corrected chi connectivity index (χ2v) is 3.00. The van der Waals surface area contributed by atoms with Gasteiger partial charge in [-0.1, -0.05) is 7.43 Å². The monoisotopic (exact) mass is 122 g/mol. The Morgan fingerprint density at radius 2 is 1.83 bits per heavy atom. The van der Waals surface area contributed by atoms with Crippen molar-refractivity contribution >= 4 is 24.4 Å². The van der Waals surface area contributed by atoms with Gasteiger partial charge in [0.05, 0.1) is 0 Å². The molecule has 0 aromatic rings. The molecule has 0 aromatic heterocycles. The van der Waals surface area contributed by atoms with E-state index in [9.17, 15) is 0 Å². The highest BCUT2D eigenvalue weighted by molar-refractivity contribution is 8.03. The lowest BCUT2D eigenvalue weighted by Gasteiger charge is -2.17. The van der Waals surface area contributed by atoms with Crippen LogP contribution >= 0.6 is 24.4 Å². The summed E-state index contributed by atoms with van der Waals surface area (Å²) in [5.74, 6) is 2.53. The van der Waals surface area contributed by atoms with E-state index in [0.717, 1.165) is 5.25 Å². The molecule has 38 valence electrons. The Morgan fingerprint density at radius 1 is 1.50 bits per heavy atom. The van der Waals surface area contributed by atoms with Crippen LogP contribution in [-0.2, 0) is 0 Å². The molecule has 0 saturated carbocycles. The van der Waals surface area contributed by atoms with Crippen LogP contribution in [0.4, 0.5) is 0 Å². The van der Waals surface area contributed by atoms with Crippen LogP contribution < -0.4 is 0 Å². The van der Waals surface area contributed by atoms with Crippen molar-refractivity contribution in [1.82, 2.24) is 0 Å². The van der Waals surface area contributed by atoms with Crippen molar-refractivity contribution in [2.75, 3.05) is 11.5 Å². The quantitative estimate of drug-likeness (QED) is 0.477. The number of hydrogen-bond donors (Lipinski definition) is 1. The van der Waals surface area contributed by atoms with E-state index in [0.29, 0.717) is 0 Å². The number of rotatable bonds is 0. The molecule has 1 rings (SSSR count). The molecule has 0 bridgehead atoms. The minimum Gasteiger partial charge on any atom is -0.174 e. The van der Waals surface area contributed by atoms with Crippen LogP contribution in [0.15, 0.2) is 0 Å². The van der Waals surface area contributed by atoms with Crippen molar-refractivity contribution < 1.29 is 0 Å². The Labute approximate surface area is 49.1 Å².